The fraction of sp³-hybridized carbons (Fsp3) is 0.487. The van der Waals surface area contributed by atoms with Gasteiger partial charge in [-0.2, -0.15) is 0 Å². The number of rotatable bonds is 14. The molecule has 0 radical (unpaired) electrons. The van der Waals surface area contributed by atoms with Gasteiger partial charge < -0.3 is 43.8 Å². The number of nitrogens with zero attached hydrogens (tertiary/aromatic N) is 3. The standard InChI is InChI=1S/C39H47N5O13/c1-21(45)52-20-31-34(54-22(2)46)35(55-23(3)47)33(37(51-7)56-31)44-18-24(42-43-44)17-40-36(49)30(16-32(48)57-39(4,5)6)41-38(50)53-19-29-27-14-10-8-12-25(27)26-13-9-11-15-28(26)29/h8-15,18,29-31,33-35,37H,16-17,19-20H2,1-7H3,(H,40,49)(H,41,50)/t30-,31+,33+,34+,35+,37+/m0/s1. The summed E-state index contributed by atoms with van der Waals surface area (Å²) < 4.78 is 40.1. The maximum atomic E-state index is 13.6. The van der Waals surface area contributed by atoms with Crippen molar-refractivity contribution in [2.45, 2.75) is 103 Å². The third-order valence-corrected chi connectivity index (χ3v) is 8.95. The largest absolute Gasteiger partial charge is 0.463 e. The summed E-state index contributed by atoms with van der Waals surface area (Å²) in [5, 5.41) is 13.4. The summed E-state index contributed by atoms with van der Waals surface area (Å²) in [5.74, 6) is -3.79. The molecule has 1 aromatic heterocycles. The summed E-state index contributed by atoms with van der Waals surface area (Å²) in [5.41, 5.74) is 3.43. The number of methoxy groups -OCH3 is 1. The zero-order valence-electron chi connectivity index (χ0n) is 32.7. The molecule has 57 heavy (non-hydrogen) atoms. The van der Waals surface area contributed by atoms with E-state index in [1.807, 2.05) is 48.5 Å². The highest BCUT2D eigenvalue weighted by atomic mass is 16.7. The number of ether oxygens (including phenoxy) is 7. The Morgan fingerprint density at radius 2 is 1.46 bits per heavy atom. The molecule has 3 aromatic rings. The molecule has 1 fully saturated rings. The van der Waals surface area contributed by atoms with Crippen molar-refractivity contribution in [2.75, 3.05) is 20.3 Å². The summed E-state index contributed by atoms with van der Waals surface area (Å²) in [6.45, 7) is 7.93. The zero-order chi connectivity index (χ0) is 41.4. The van der Waals surface area contributed by atoms with E-state index in [-0.39, 0.29) is 31.4 Å². The topological polar surface area (TPSA) is 222 Å². The van der Waals surface area contributed by atoms with Gasteiger partial charge in [-0.15, -0.1) is 5.10 Å². The van der Waals surface area contributed by atoms with Crippen LogP contribution in [0.15, 0.2) is 54.7 Å². The normalized spacial score (nSPS) is 20.6. The monoisotopic (exact) mass is 793 g/mol. The van der Waals surface area contributed by atoms with Crippen LogP contribution in [0.1, 0.15) is 76.7 Å². The van der Waals surface area contributed by atoms with Gasteiger partial charge >= 0.3 is 30.0 Å². The highest BCUT2D eigenvalue weighted by Crippen LogP contribution is 2.44. The lowest BCUT2D eigenvalue weighted by atomic mass is 9.96. The second kappa shape index (κ2) is 18.4. The maximum Gasteiger partial charge on any atom is 0.407 e. The molecule has 0 unspecified atom stereocenters. The number of hydrogen-bond donors (Lipinski definition) is 2. The van der Waals surface area contributed by atoms with Crippen LogP contribution in [-0.2, 0) is 63.7 Å². The Bertz CT molecular complexity index is 1910. The lowest BCUT2D eigenvalue weighted by Crippen LogP contribution is -2.59. The van der Waals surface area contributed by atoms with E-state index in [1.165, 1.54) is 24.9 Å². The van der Waals surface area contributed by atoms with E-state index in [0.717, 1.165) is 36.1 Å². The summed E-state index contributed by atoms with van der Waals surface area (Å²) in [7, 11) is 1.32. The lowest BCUT2D eigenvalue weighted by molar-refractivity contribution is -0.282. The van der Waals surface area contributed by atoms with E-state index in [0.29, 0.717) is 0 Å². The summed E-state index contributed by atoms with van der Waals surface area (Å²) in [6, 6.07) is 13.2. The summed E-state index contributed by atoms with van der Waals surface area (Å²) >= 11 is 0. The molecule has 1 aliphatic heterocycles. The average Bonchev–Trinajstić information content (AvgIpc) is 3.74. The van der Waals surface area contributed by atoms with Crippen LogP contribution >= 0.6 is 0 Å². The fourth-order valence-electron chi connectivity index (χ4n) is 6.74. The van der Waals surface area contributed by atoms with Gasteiger partial charge in [0.2, 0.25) is 5.91 Å². The Kier molecular flexibility index (Phi) is 13.6. The van der Waals surface area contributed by atoms with Gasteiger partial charge in [0.25, 0.3) is 0 Å². The van der Waals surface area contributed by atoms with Crippen LogP contribution in [0.4, 0.5) is 4.79 Å². The van der Waals surface area contributed by atoms with Crippen LogP contribution in [0.25, 0.3) is 11.1 Å². The number of amides is 2. The molecule has 2 heterocycles. The number of hydrogen-bond acceptors (Lipinski definition) is 15. The fourth-order valence-corrected chi connectivity index (χ4v) is 6.74. The molecule has 0 bridgehead atoms. The first-order valence-corrected chi connectivity index (χ1v) is 18.2. The first-order valence-electron chi connectivity index (χ1n) is 18.2. The van der Waals surface area contributed by atoms with Crippen molar-refractivity contribution < 1.29 is 61.9 Å². The molecule has 6 atom stereocenters. The molecule has 2 N–H and O–H groups in total. The van der Waals surface area contributed by atoms with Crippen molar-refractivity contribution in [3.8, 4) is 11.1 Å². The second-order valence-electron chi connectivity index (χ2n) is 14.4. The van der Waals surface area contributed by atoms with E-state index < -0.39 is 84.6 Å². The minimum Gasteiger partial charge on any atom is -0.463 e. The molecule has 2 aromatic carbocycles. The van der Waals surface area contributed by atoms with E-state index in [4.69, 9.17) is 33.2 Å². The van der Waals surface area contributed by atoms with Crippen LogP contribution in [0, 0.1) is 0 Å². The minimum absolute atomic E-state index is 0.0196. The van der Waals surface area contributed by atoms with Gasteiger partial charge in [-0.1, -0.05) is 53.7 Å². The predicted octanol–water partition coefficient (Wildman–Crippen LogP) is 2.87. The number of esters is 4. The number of carbonyl (C=O) groups excluding carboxylic acids is 6. The van der Waals surface area contributed by atoms with Crippen LogP contribution in [0.2, 0.25) is 0 Å². The molecule has 5 rings (SSSR count). The number of nitrogens with one attached hydrogen (secondary N) is 2. The van der Waals surface area contributed by atoms with Crippen LogP contribution in [0.3, 0.4) is 0 Å². The molecular formula is C39H47N5O13. The molecule has 0 spiro atoms. The SMILES string of the molecule is CO[C@@H]1O[C@H](COC(C)=O)[C@@H](OC(C)=O)[C@H](OC(C)=O)[C@H]1n1cc(CNC(=O)[C@H](CC(=O)OC(C)(C)C)NC(=O)OCC2c3ccccc3-c3ccccc32)nn1. The molecule has 2 amide bonds. The summed E-state index contributed by atoms with van der Waals surface area (Å²) in [4.78, 5) is 75.6. The lowest BCUT2D eigenvalue weighted by Gasteiger charge is -2.44. The Labute approximate surface area is 328 Å². The molecule has 306 valence electrons. The van der Waals surface area contributed by atoms with Crippen molar-refractivity contribution >= 4 is 35.9 Å². The van der Waals surface area contributed by atoms with E-state index in [9.17, 15) is 28.8 Å². The molecule has 18 heteroatoms. The third-order valence-electron chi connectivity index (χ3n) is 8.95. The Morgan fingerprint density at radius 1 is 0.842 bits per heavy atom. The van der Waals surface area contributed by atoms with Crippen LogP contribution in [0.5, 0.6) is 0 Å². The number of benzene rings is 2. The average molecular weight is 794 g/mol. The number of carbonyl (C=O) groups is 6. The van der Waals surface area contributed by atoms with Crippen molar-refractivity contribution in [1.29, 1.82) is 0 Å². The maximum absolute atomic E-state index is 13.6. The number of aromatic nitrogens is 3. The predicted molar refractivity (Wildman–Crippen MR) is 197 cm³/mol. The Hall–Kier alpha value is -5.88. The van der Waals surface area contributed by atoms with Crippen molar-refractivity contribution in [3.63, 3.8) is 0 Å². The van der Waals surface area contributed by atoms with Gasteiger partial charge in [-0.3, -0.25) is 24.0 Å². The summed E-state index contributed by atoms with van der Waals surface area (Å²) in [6.07, 6.45) is -4.79. The van der Waals surface area contributed by atoms with Crippen molar-refractivity contribution in [1.82, 2.24) is 25.6 Å². The van der Waals surface area contributed by atoms with Gasteiger partial charge in [-0.05, 0) is 43.0 Å². The van der Waals surface area contributed by atoms with Gasteiger partial charge in [-0.25, -0.2) is 9.48 Å². The van der Waals surface area contributed by atoms with Crippen LogP contribution in [-0.4, -0.2) is 107 Å². The number of fused-ring (bicyclic) bond motifs is 3. The molecular weight excluding hydrogens is 746 g/mol. The minimum atomic E-state index is -1.40. The molecule has 1 aliphatic carbocycles. The molecule has 18 nitrogen and oxygen atoms in total. The van der Waals surface area contributed by atoms with Crippen LogP contribution < -0.4 is 10.6 Å². The van der Waals surface area contributed by atoms with Gasteiger partial charge in [0.05, 0.1) is 19.2 Å². The zero-order valence-corrected chi connectivity index (χ0v) is 32.7. The van der Waals surface area contributed by atoms with Gasteiger partial charge in [0.15, 0.2) is 18.5 Å². The molecule has 2 aliphatic rings. The van der Waals surface area contributed by atoms with E-state index >= 15 is 0 Å². The van der Waals surface area contributed by atoms with E-state index in [2.05, 4.69) is 20.9 Å². The highest BCUT2D eigenvalue weighted by molar-refractivity contribution is 5.89. The Balaban J connectivity index is 1.29. The smallest absolute Gasteiger partial charge is 0.407 e. The number of alkyl carbamates (subject to hydrolysis) is 1. The molecule has 0 saturated carbocycles. The first kappa shape index (κ1) is 42.3. The quantitative estimate of drug-likeness (QED) is 0.177. The Morgan fingerprint density at radius 3 is 2.04 bits per heavy atom. The van der Waals surface area contributed by atoms with Crippen molar-refractivity contribution in [3.05, 3.63) is 71.5 Å². The third kappa shape index (κ3) is 10.9. The van der Waals surface area contributed by atoms with Crippen molar-refractivity contribution in [2.24, 2.45) is 0 Å². The van der Waals surface area contributed by atoms with E-state index in [1.54, 1.807) is 20.8 Å². The molecule has 1 saturated heterocycles. The highest BCUT2D eigenvalue weighted by Gasteiger charge is 2.52. The van der Waals surface area contributed by atoms with Gasteiger partial charge in [0.1, 0.15) is 42.7 Å². The first-order chi connectivity index (χ1) is 27.0. The van der Waals surface area contributed by atoms with Gasteiger partial charge in [0, 0.05) is 33.8 Å². The second-order valence-corrected chi connectivity index (χ2v) is 14.4.